The Hall–Kier alpha value is -0.870. The van der Waals surface area contributed by atoms with Crippen molar-refractivity contribution in [3.63, 3.8) is 0 Å². The molecule has 1 aromatic heterocycles. The number of aromatic nitrogens is 1. The fourth-order valence-corrected chi connectivity index (χ4v) is 2.40. The molecule has 0 spiro atoms. The van der Waals surface area contributed by atoms with Gasteiger partial charge in [-0.1, -0.05) is 6.92 Å². The van der Waals surface area contributed by atoms with E-state index < -0.39 is 0 Å². The lowest BCUT2D eigenvalue weighted by Gasteiger charge is -2.38. The highest BCUT2D eigenvalue weighted by Gasteiger charge is 2.31. The smallest absolute Gasteiger partial charge is 0.208 e. The maximum absolute atomic E-state index is 5.84. The Morgan fingerprint density at radius 2 is 2.22 bits per heavy atom. The predicted molar refractivity (Wildman–Crippen MR) is 70.5 cm³/mol. The molecule has 1 fully saturated rings. The van der Waals surface area contributed by atoms with E-state index in [2.05, 4.69) is 24.1 Å². The minimum atomic E-state index is 0.0261. The van der Waals surface area contributed by atoms with Crippen molar-refractivity contribution in [2.45, 2.75) is 65.1 Å². The first-order chi connectivity index (χ1) is 8.52. The lowest BCUT2D eigenvalue weighted by Crippen LogP contribution is -2.44. The van der Waals surface area contributed by atoms with Crippen LogP contribution in [-0.2, 0) is 11.3 Å². The molecule has 0 radical (unpaired) electrons. The van der Waals surface area contributed by atoms with E-state index in [1.54, 1.807) is 0 Å². The van der Waals surface area contributed by atoms with Crippen LogP contribution in [0.4, 0.5) is 0 Å². The van der Waals surface area contributed by atoms with Gasteiger partial charge in [0.05, 0.1) is 17.8 Å². The van der Waals surface area contributed by atoms with Crippen molar-refractivity contribution in [3.8, 4) is 0 Å². The molecule has 0 aromatic carbocycles. The third kappa shape index (κ3) is 3.12. The van der Waals surface area contributed by atoms with Crippen molar-refractivity contribution in [1.82, 2.24) is 10.3 Å². The summed E-state index contributed by atoms with van der Waals surface area (Å²) >= 11 is 0. The van der Waals surface area contributed by atoms with E-state index in [-0.39, 0.29) is 5.60 Å². The lowest BCUT2D eigenvalue weighted by atomic mass is 9.90. The SMILES string of the molecule is CCC1(C)CC(NCc2nc(C)c(C)o2)CCO1. The maximum atomic E-state index is 5.84. The summed E-state index contributed by atoms with van der Waals surface area (Å²) in [5, 5.41) is 3.53. The summed E-state index contributed by atoms with van der Waals surface area (Å²) in [5.41, 5.74) is 1.01. The van der Waals surface area contributed by atoms with Crippen LogP contribution in [0.5, 0.6) is 0 Å². The molecule has 1 saturated heterocycles. The minimum absolute atomic E-state index is 0.0261. The largest absolute Gasteiger partial charge is 0.444 e. The number of oxazole rings is 1. The summed E-state index contributed by atoms with van der Waals surface area (Å²) < 4.78 is 11.4. The maximum Gasteiger partial charge on any atom is 0.208 e. The molecule has 4 heteroatoms. The second kappa shape index (κ2) is 5.41. The van der Waals surface area contributed by atoms with Gasteiger partial charge in [0, 0.05) is 12.6 Å². The Morgan fingerprint density at radius 1 is 1.44 bits per heavy atom. The van der Waals surface area contributed by atoms with Crippen LogP contribution in [0.15, 0.2) is 4.42 Å². The summed E-state index contributed by atoms with van der Waals surface area (Å²) in [6, 6.07) is 0.496. The van der Waals surface area contributed by atoms with Gasteiger partial charge < -0.3 is 14.5 Å². The average molecular weight is 252 g/mol. The molecule has 0 bridgehead atoms. The van der Waals surface area contributed by atoms with Crippen molar-refractivity contribution in [1.29, 1.82) is 0 Å². The number of hydrogen-bond donors (Lipinski definition) is 1. The molecule has 1 aromatic rings. The van der Waals surface area contributed by atoms with E-state index in [0.717, 1.165) is 43.2 Å². The zero-order valence-corrected chi connectivity index (χ0v) is 11.9. The molecule has 2 unspecified atom stereocenters. The van der Waals surface area contributed by atoms with E-state index in [0.29, 0.717) is 12.6 Å². The van der Waals surface area contributed by atoms with Crippen LogP contribution >= 0.6 is 0 Å². The zero-order chi connectivity index (χ0) is 13.2. The molecule has 0 saturated carbocycles. The second-order valence-electron chi connectivity index (χ2n) is 5.47. The summed E-state index contributed by atoms with van der Waals surface area (Å²) in [7, 11) is 0. The van der Waals surface area contributed by atoms with Crippen molar-refractivity contribution in [2.75, 3.05) is 6.61 Å². The molecule has 4 nitrogen and oxygen atoms in total. The molecular formula is C14H24N2O2. The number of nitrogens with zero attached hydrogens (tertiary/aromatic N) is 1. The van der Waals surface area contributed by atoms with Gasteiger partial charge in [0.15, 0.2) is 0 Å². The van der Waals surface area contributed by atoms with E-state index >= 15 is 0 Å². The topological polar surface area (TPSA) is 47.3 Å². The fourth-order valence-electron chi connectivity index (χ4n) is 2.40. The molecule has 0 aliphatic carbocycles. The van der Waals surface area contributed by atoms with Gasteiger partial charge in [-0.3, -0.25) is 0 Å². The monoisotopic (exact) mass is 252 g/mol. The van der Waals surface area contributed by atoms with Gasteiger partial charge in [-0.05, 0) is 40.0 Å². The molecule has 2 rings (SSSR count). The number of rotatable bonds is 4. The Morgan fingerprint density at radius 3 is 2.83 bits per heavy atom. The van der Waals surface area contributed by atoms with E-state index in [1.165, 1.54) is 0 Å². The van der Waals surface area contributed by atoms with Crippen LogP contribution < -0.4 is 5.32 Å². The van der Waals surface area contributed by atoms with Gasteiger partial charge in [-0.25, -0.2) is 4.98 Å². The van der Waals surface area contributed by atoms with Crippen LogP contribution in [0.3, 0.4) is 0 Å². The Bertz CT molecular complexity index is 383. The van der Waals surface area contributed by atoms with Crippen molar-refractivity contribution >= 4 is 0 Å². The highest BCUT2D eigenvalue weighted by molar-refractivity contribution is 5.05. The summed E-state index contributed by atoms with van der Waals surface area (Å²) in [6.07, 6.45) is 3.18. The molecule has 2 atom stereocenters. The van der Waals surface area contributed by atoms with Crippen molar-refractivity contribution < 1.29 is 9.15 Å². The molecule has 2 heterocycles. The average Bonchev–Trinajstić information content (AvgIpc) is 2.67. The Balaban J connectivity index is 1.86. The van der Waals surface area contributed by atoms with Crippen LogP contribution in [0.2, 0.25) is 0 Å². The first-order valence-corrected chi connectivity index (χ1v) is 6.82. The summed E-state index contributed by atoms with van der Waals surface area (Å²) in [6.45, 7) is 9.85. The number of ether oxygens (including phenoxy) is 1. The second-order valence-corrected chi connectivity index (χ2v) is 5.47. The molecule has 0 amide bonds. The van der Waals surface area contributed by atoms with Crippen molar-refractivity contribution in [2.24, 2.45) is 0 Å². The summed E-state index contributed by atoms with van der Waals surface area (Å²) in [5.74, 6) is 1.70. The number of hydrogen-bond acceptors (Lipinski definition) is 4. The van der Waals surface area contributed by atoms with Gasteiger partial charge in [-0.2, -0.15) is 0 Å². The minimum Gasteiger partial charge on any atom is -0.444 e. The van der Waals surface area contributed by atoms with Gasteiger partial charge in [-0.15, -0.1) is 0 Å². The third-order valence-corrected chi connectivity index (χ3v) is 3.96. The van der Waals surface area contributed by atoms with Crippen molar-refractivity contribution in [3.05, 3.63) is 17.3 Å². The standard InChI is InChI=1S/C14H24N2O2/c1-5-14(4)8-12(6-7-17-14)15-9-13-16-10(2)11(3)18-13/h12,15H,5-9H2,1-4H3. The van der Waals surface area contributed by atoms with Gasteiger partial charge in [0.1, 0.15) is 5.76 Å². The van der Waals surface area contributed by atoms with Gasteiger partial charge in [0.2, 0.25) is 5.89 Å². The van der Waals surface area contributed by atoms with E-state index in [4.69, 9.17) is 9.15 Å². The number of nitrogens with one attached hydrogen (secondary N) is 1. The zero-order valence-electron chi connectivity index (χ0n) is 11.9. The fraction of sp³-hybridized carbons (Fsp3) is 0.786. The molecule has 1 aliphatic rings. The molecule has 18 heavy (non-hydrogen) atoms. The first-order valence-electron chi connectivity index (χ1n) is 6.82. The van der Waals surface area contributed by atoms with Crippen LogP contribution in [0.25, 0.3) is 0 Å². The first kappa shape index (κ1) is 13.6. The van der Waals surface area contributed by atoms with Gasteiger partial charge in [0.25, 0.3) is 0 Å². The van der Waals surface area contributed by atoms with E-state index in [9.17, 15) is 0 Å². The third-order valence-electron chi connectivity index (χ3n) is 3.96. The highest BCUT2D eigenvalue weighted by Crippen LogP contribution is 2.27. The quantitative estimate of drug-likeness (QED) is 0.895. The van der Waals surface area contributed by atoms with Crippen LogP contribution in [0, 0.1) is 13.8 Å². The van der Waals surface area contributed by atoms with Crippen LogP contribution in [-0.4, -0.2) is 23.2 Å². The highest BCUT2D eigenvalue weighted by atomic mass is 16.5. The normalized spacial score (nSPS) is 28.6. The molecule has 1 aliphatic heterocycles. The Labute approximate surface area is 109 Å². The Kier molecular flexibility index (Phi) is 4.07. The molecular weight excluding hydrogens is 228 g/mol. The van der Waals surface area contributed by atoms with Crippen LogP contribution in [0.1, 0.15) is 50.5 Å². The van der Waals surface area contributed by atoms with Gasteiger partial charge >= 0.3 is 0 Å². The molecule has 102 valence electrons. The molecule has 1 N–H and O–H groups in total. The predicted octanol–water partition coefficient (Wildman–Crippen LogP) is 2.73. The lowest BCUT2D eigenvalue weighted by molar-refractivity contribution is -0.0783. The summed E-state index contributed by atoms with van der Waals surface area (Å²) in [4.78, 5) is 4.39. The number of aryl methyl sites for hydroxylation is 2. The van der Waals surface area contributed by atoms with E-state index in [1.807, 2.05) is 13.8 Å².